The zero-order valence-electron chi connectivity index (χ0n) is 12.9. The summed E-state index contributed by atoms with van der Waals surface area (Å²) in [5.41, 5.74) is 2.38. The van der Waals surface area contributed by atoms with E-state index in [1.165, 1.54) is 18.4 Å². The van der Waals surface area contributed by atoms with Crippen LogP contribution >= 0.6 is 0 Å². The lowest BCUT2D eigenvalue weighted by molar-refractivity contribution is 0.0571. The number of rotatable bonds is 4. The molecule has 116 valence electrons. The number of fused-ring (bicyclic) bond motifs is 1. The normalized spacial score (nSPS) is 23.0. The third-order valence-corrected chi connectivity index (χ3v) is 4.77. The van der Waals surface area contributed by atoms with Crippen molar-refractivity contribution in [1.29, 1.82) is 0 Å². The Balaban J connectivity index is 1.46. The second-order valence-electron chi connectivity index (χ2n) is 6.62. The molecule has 1 aromatic rings. The third kappa shape index (κ3) is 3.99. The van der Waals surface area contributed by atoms with E-state index in [-0.39, 0.29) is 6.10 Å². The van der Waals surface area contributed by atoms with Gasteiger partial charge in [-0.2, -0.15) is 0 Å². The van der Waals surface area contributed by atoms with Gasteiger partial charge in [-0.1, -0.05) is 6.92 Å². The van der Waals surface area contributed by atoms with Crippen LogP contribution in [0.4, 0.5) is 0 Å². The van der Waals surface area contributed by atoms with E-state index < -0.39 is 0 Å². The van der Waals surface area contributed by atoms with Crippen molar-refractivity contribution in [3.05, 3.63) is 23.8 Å². The van der Waals surface area contributed by atoms with Gasteiger partial charge in [0.15, 0.2) is 0 Å². The summed E-state index contributed by atoms with van der Waals surface area (Å²) >= 11 is 0. The summed E-state index contributed by atoms with van der Waals surface area (Å²) in [6.45, 7) is 7.97. The Labute approximate surface area is 127 Å². The first kappa shape index (κ1) is 14.9. The zero-order valence-corrected chi connectivity index (χ0v) is 12.9. The van der Waals surface area contributed by atoms with Gasteiger partial charge in [-0.15, -0.1) is 0 Å². The van der Waals surface area contributed by atoms with Gasteiger partial charge in [-0.3, -0.25) is 4.90 Å². The fourth-order valence-electron chi connectivity index (χ4n) is 3.36. The molecule has 3 heterocycles. The number of piperidine rings is 1. The van der Waals surface area contributed by atoms with Crippen molar-refractivity contribution >= 4 is 0 Å². The molecule has 0 radical (unpaired) electrons. The van der Waals surface area contributed by atoms with Crippen molar-refractivity contribution in [2.45, 2.75) is 38.8 Å². The standard InChI is InChI=1S/C16H26N4O/c1-13-2-5-19(6-3-13)9-15(21)10-20-7-4-14-8-17-12-18-16(14)11-20/h8,12-13,15,21H,2-7,9-11H2,1H3/t15-/m0/s1. The molecule has 5 nitrogen and oxygen atoms in total. The maximum absolute atomic E-state index is 10.4. The van der Waals surface area contributed by atoms with Gasteiger partial charge >= 0.3 is 0 Å². The summed E-state index contributed by atoms with van der Waals surface area (Å²) in [6, 6.07) is 0. The Hall–Kier alpha value is -1.04. The molecule has 1 aromatic heterocycles. The second-order valence-corrected chi connectivity index (χ2v) is 6.62. The summed E-state index contributed by atoms with van der Waals surface area (Å²) in [7, 11) is 0. The van der Waals surface area contributed by atoms with Crippen LogP contribution in [0.5, 0.6) is 0 Å². The molecule has 0 aliphatic carbocycles. The van der Waals surface area contributed by atoms with E-state index in [1.54, 1.807) is 6.33 Å². The predicted octanol–water partition coefficient (Wildman–Crippen LogP) is 0.927. The van der Waals surface area contributed by atoms with Crippen LogP contribution in [-0.2, 0) is 13.0 Å². The summed E-state index contributed by atoms with van der Waals surface area (Å²) in [5, 5.41) is 10.4. The summed E-state index contributed by atoms with van der Waals surface area (Å²) in [6.07, 6.45) is 6.80. The maximum atomic E-state index is 10.4. The highest BCUT2D eigenvalue weighted by molar-refractivity contribution is 5.18. The minimum absolute atomic E-state index is 0.262. The molecule has 1 N–H and O–H groups in total. The van der Waals surface area contributed by atoms with Crippen molar-refractivity contribution in [2.75, 3.05) is 32.7 Å². The summed E-state index contributed by atoms with van der Waals surface area (Å²) < 4.78 is 0. The molecule has 1 fully saturated rings. The quantitative estimate of drug-likeness (QED) is 0.894. The molecule has 1 atom stereocenters. The van der Waals surface area contributed by atoms with Gasteiger partial charge in [0.05, 0.1) is 11.8 Å². The molecule has 21 heavy (non-hydrogen) atoms. The molecule has 0 amide bonds. The summed E-state index contributed by atoms with van der Waals surface area (Å²) in [5.74, 6) is 0.844. The first-order chi connectivity index (χ1) is 10.2. The largest absolute Gasteiger partial charge is 0.390 e. The smallest absolute Gasteiger partial charge is 0.115 e. The van der Waals surface area contributed by atoms with Crippen molar-refractivity contribution in [2.24, 2.45) is 5.92 Å². The second kappa shape index (κ2) is 6.81. The van der Waals surface area contributed by atoms with Crippen molar-refractivity contribution < 1.29 is 5.11 Å². The van der Waals surface area contributed by atoms with Gasteiger partial charge in [-0.25, -0.2) is 9.97 Å². The number of aliphatic hydroxyl groups is 1. The van der Waals surface area contributed by atoms with Crippen LogP contribution in [0.25, 0.3) is 0 Å². The van der Waals surface area contributed by atoms with Gasteiger partial charge in [0.25, 0.3) is 0 Å². The Morgan fingerprint density at radius 2 is 2.00 bits per heavy atom. The highest BCUT2D eigenvalue weighted by atomic mass is 16.3. The minimum atomic E-state index is -0.262. The SMILES string of the molecule is CC1CCN(C[C@H](O)CN2CCc3cncnc3C2)CC1. The van der Waals surface area contributed by atoms with Crippen molar-refractivity contribution in [3.8, 4) is 0 Å². The van der Waals surface area contributed by atoms with Crippen molar-refractivity contribution in [3.63, 3.8) is 0 Å². The van der Waals surface area contributed by atoms with Crippen LogP contribution in [0.1, 0.15) is 31.0 Å². The first-order valence-corrected chi connectivity index (χ1v) is 8.11. The van der Waals surface area contributed by atoms with Crippen LogP contribution in [0.15, 0.2) is 12.5 Å². The molecule has 0 saturated carbocycles. The number of aliphatic hydroxyl groups excluding tert-OH is 1. The molecule has 3 rings (SSSR count). The molecular formula is C16H26N4O. The van der Waals surface area contributed by atoms with E-state index in [1.807, 2.05) is 6.20 Å². The molecule has 0 aromatic carbocycles. The topological polar surface area (TPSA) is 52.5 Å². The molecular weight excluding hydrogens is 264 g/mol. The molecule has 2 aliphatic rings. The molecule has 5 heteroatoms. The third-order valence-electron chi connectivity index (χ3n) is 4.77. The van der Waals surface area contributed by atoms with Crippen molar-refractivity contribution in [1.82, 2.24) is 19.8 Å². The Morgan fingerprint density at radius 3 is 2.81 bits per heavy atom. The van der Waals surface area contributed by atoms with Gasteiger partial charge < -0.3 is 10.0 Å². The number of nitrogens with zero attached hydrogens (tertiary/aromatic N) is 4. The maximum Gasteiger partial charge on any atom is 0.115 e. The molecule has 0 unspecified atom stereocenters. The zero-order chi connectivity index (χ0) is 14.7. The number of β-amino-alcohol motifs (C(OH)–C–C–N with tert-alkyl or cyclic N) is 1. The van der Waals surface area contributed by atoms with Crippen LogP contribution in [0.3, 0.4) is 0 Å². The van der Waals surface area contributed by atoms with E-state index in [4.69, 9.17) is 0 Å². The number of hydrogen-bond donors (Lipinski definition) is 1. The summed E-state index contributed by atoms with van der Waals surface area (Å²) in [4.78, 5) is 13.2. The minimum Gasteiger partial charge on any atom is -0.390 e. The number of likely N-dealkylation sites (tertiary alicyclic amines) is 1. The molecule has 2 aliphatic heterocycles. The van der Waals surface area contributed by atoms with Crippen LogP contribution in [-0.4, -0.2) is 63.7 Å². The molecule has 1 saturated heterocycles. The first-order valence-electron chi connectivity index (χ1n) is 8.11. The average Bonchev–Trinajstić information content (AvgIpc) is 2.49. The average molecular weight is 290 g/mol. The van der Waals surface area contributed by atoms with E-state index in [2.05, 4.69) is 26.7 Å². The fourth-order valence-corrected chi connectivity index (χ4v) is 3.36. The van der Waals surface area contributed by atoms with Gasteiger partial charge in [0, 0.05) is 32.4 Å². The highest BCUT2D eigenvalue weighted by Crippen LogP contribution is 2.18. The van der Waals surface area contributed by atoms with Crippen LogP contribution in [0.2, 0.25) is 0 Å². The fraction of sp³-hybridized carbons (Fsp3) is 0.750. The molecule has 0 spiro atoms. The van der Waals surface area contributed by atoms with Gasteiger partial charge in [-0.05, 0) is 43.8 Å². The van der Waals surface area contributed by atoms with Crippen LogP contribution < -0.4 is 0 Å². The highest BCUT2D eigenvalue weighted by Gasteiger charge is 2.22. The van der Waals surface area contributed by atoms with Crippen LogP contribution in [0, 0.1) is 5.92 Å². The lowest BCUT2D eigenvalue weighted by atomic mass is 9.99. The molecule has 0 bridgehead atoms. The van der Waals surface area contributed by atoms with E-state index in [9.17, 15) is 5.11 Å². The monoisotopic (exact) mass is 290 g/mol. The van der Waals surface area contributed by atoms with E-state index >= 15 is 0 Å². The lowest BCUT2D eigenvalue weighted by Crippen LogP contribution is -2.44. The number of hydrogen-bond acceptors (Lipinski definition) is 5. The van der Waals surface area contributed by atoms with E-state index in [0.717, 1.165) is 57.3 Å². The Kier molecular flexibility index (Phi) is 4.83. The lowest BCUT2D eigenvalue weighted by Gasteiger charge is -2.34. The van der Waals surface area contributed by atoms with Gasteiger partial charge in [0.1, 0.15) is 6.33 Å². The van der Waals surface area contributed by atoms with Gasteiger partial charge in [0.2, 0.25) is 0 Å². The Bertz CT molecular complexity index is 459. The Morgan fingerprint density at radius 1 is 1.24 bits per heavy atom. The predicted molar refractivity (Wildman–Crippen MR) is 81.9 cm³/mol. The number of aromatic nitrogens is 2. The van der Waals surface area contributed by atoms with E-state index in [0.29, 0.717) is 0 Å².